The third-order valence-corrected chi connectivity index (χ3v) is 4.71. The average Bonchev–Trinajstić information content (AvgIpc) is 3.11. The summed E-state index contributed by atoms with van der Waals surface area (Å²) in [5, 5.41) is 3.00. The van der Waals surface area contributed by atoms with E-state index in [1.807, 2.05) is 42.5 Å². The van der Waals surface area contributed by atoms with Crippen LogP contribution in [0.3, 0.4) is 0 Å². The fraction of sp³-hybridized carbons (Fsp3) is 0.316. The monoisotopic (exact) mass is 335 g/mol. The first-order valence-electron chi connectivity index (χ1n) is 8.67. The summed E-state index contributed by atoms with van der Waals surface area (Å²) in [6.07, 6.45) is 3.42. The number of rotatable bonds is 4. The number of hydrogen-bond donors (Lipinski definition) is 2. The van der Waals surface area contributed by atoms with E-state index >= 15 is 0 Å². The molecule has 2 N–H and O–H groups in total. The number of amides is 1. The normalized spacial score (nSPS) is 15.4. The summed E-state index contributed by atoms with van der Waals surface area (Å²) in [6.45, 7) is 2.16. The van der Waals surface area contributed by atoms with Gasteiger partial charge >= 0.3 is 0 Å². The van der Waals surface area contributed by atoms with E-state index < -0.39 is 0 Å². The number of anilines is 1. The zero-order valence-electron chi connectivity index (χ0n) is 14.0. The van der Waals surface area contributed by atoms with Crippen LogP contribution in [0.1, 0.15) is 18.5 Å². The van der Waals surface area contributed by atoms with E-state index in [0.717, 1.165) is 48.6 Å². The van der Waals surface area contributed by atoms with E-state index in [9.17, 15) is 4.79 Å². The second-order valence-corrected chi connectivity index (χ2v) is 6.38. The van der Waals surface area contributed by atoms with E-state index in [-0.39, 0.29) is 11.8 Å². The molecule has 6 heteroatoms. The van der Waals surface area contributed by atoms with Crippen LogP contribution in [0.15, 0.2) is 48.7 Å². The Balaban J connectivity index is 1.32. The van der Waals surface area contributed by atoms with Gasteiger partial charge in [-0.05, 0) is 37.1 Å². The smallest absolute Gasteiger partial charge is 0.223 e. The number of para-hydroxylation sites is 2. The molecular formula is C19H21N5O. The molecule has 3 aromatic rings. The average molecular weight is 335 g/mol. The Labute approximate surface area is 146 Å². The summed E-state index contributed by atoms with van der Waals surface area (Å²) in [6, 6.07) is 13.8. The zero-order chi connectivity index (χ0) is 17.1. The number of pyridine rings is 1. The summed E-state index contributed by atoms with van der Waals surface area (Å²) in [5.74, 6) is 1.08. The van der Waals surface area contributed by atoms with Crippen LogP contribution in [0.5, 0.6) is 0 Å². The first-order valence-corrected chi connectivity index (χ1v) is 8.67. The van der Waals surface area contributed by atoms with Gasteiger partial charge in [0.15, 0.2) is 0 Å². The van der Waals surface area contributed by atoms with Crippen LogP contribution < -0.4 is 10.2 Å². The zero-order valence-corrected chi connectivity index (χ0v) is 14.0. The van der Waals surface area contributed by atoms with Crippen LogP contribution in [0.25, 0.3) is 11.0 Å². The lowest BCUT2D eigenvalue weighted by molar-refractivity contribution is -0.125. The SMILES string of the molecule is O=C(NCc1ccccn1)C1CCN(c2nc3ccccc3[nH]2)CC1. The molecule has 128 valence electrons. The maximum atomic E-state index is 12.4. The minimum absolute atomic E-state index is 0.0596. The van der Waals surface area contributed by atoms with Gasteiger partial charge in [-0.2, -0.15) is 0 Å². The first-order chi connectivity index (χ1) is 12.3. The molecule has 0 bridgehead atoms. The van der Waals surface area contributed by atoms with Crippen LogP contribution in [-0.4, -0.2) is 33.9 Å². The molecule has 1 aliphatic heterocycles. The quantitative estimate of drug-likeness (QED) is 0.768. The van der Waals surface area contributed by atoms with Crippen LogP contribution in [0.4, 0.5) is 5.95 Å². The van der Waals surface area contributed by atoms with Gasteiger partial charge in [-0.25, -0.2) is 4.98 Å². The minimum atomic E-state index is 0.0596. The number of piperidine rings is 1. The topological polar surface area (TPSA) is 73.9 Å². The Morgan fingerprint density at radius 1 is 1.16 bits per heavy atom. The number of nitrogens with one attached hydrogen (secondary N) is 2. The molecule has 1 aliphatic rings. The van der Waals surface area contributed by atoms with Crippen LogP contribution in [0, 0.1) is 5.92 Å². The highest BCUT2D eigenvalue weighted by molar-refractivity contribution is 5.79. The third-order valence-electron chi connectivity index (χ3n) is 4.71. The predicted octanol–water partition coefficient (Wildman–Crippen LogP) is 2.49. The number of benzene rings is 1. The molecule has 25 heavy (non-hydrogen) atoms. The van der Waals surface area contributed by atoms with Gasteiger partial charge in [0.05, 0.1) is 23.3 Å². The number of hydrogen-bond acceptors (Lipinski definition) is 4. The summed E-state index contributed by atoms with van der Waals surface area (Å²) in [5.41, 5.74) is 2.91. The van der Waals surface area contributed by atoms with E-state index in [1.54, 1.807) is 6.20 Å². The minimum Gasteiger partial charge on any atom is -0.350 e. The van der Waals surface area contributed by atoms with Gasteiger partial charge in [-0.3, -0.25) is 9.78 Å². The molecule has 2 aromatic heterocycles. The number of fused-ring (bicyclic) bond motifs is 1. The second-order valence-electron chi connectivity index (χ2n) is 6.38. The molecule has 0 saturated carbocycles. The van der Waals surface area contributed by atoms with Crippen molar-refractivity contribution >= 4 is 22.9 Å². The Hall–Kier alpha value is -2.89. The number of carbonyl (C=O) groups is 1. The van der Waals surface area contributed by atoms with Gasteiger partial charge in [0.1, 0.15) is 0 Å². The lowest BCUT2D eigenvalue weighted by atomic mass is 9.96. The van der Waals surface area contributed by atoms with Crippen molar-refractivity contribution in [3.05, 3.63) is 54.4 Å². The van der Waals surface area contributed by atoms with Crippen molar-refractivity contribution in [2.45, 2.75) is 19.4 Å². The lowest BCUT2D eigenvalue weighted by Crippen LogP contribution is -2.40. The molecule has 1 amide bonds. The van der Waals surface area contributed by atoms with E-state index in [0.29, 0.717) is 6.54 Å². The van der Waals surface area contributed by atoms with Gasteiger partial charge < -0.3 is 15.2 Å². The Morgan fingerprint density at radius 3 is 2.72 bits per heavy atom. The largest absolute Gasteiger partial charge is 0.350 e. The van der Waals surface area contributed by atoms with Crippen molar-refractivity contribution < 1.29 is 4.79 Å². The standard InChI is InChI=1S/C19H21N5O/c25-18(21-13-15-5-3-4-10-20-15)14-8-11-24(12-9-14)19-22-16-6-1-2-7-17(16)23-19/h1-7,10,14H,8-9,11-13H2,(H,21,25)(H,22,23). The van der Waals surface area contributed by atoms with Crippen molar-refractivity contribution in [3.8, 4) is 0 Å². The predicted molar refractivity (Wildman–Crippen MR) is 97.1 cm³/mol. The van der Waals surface area contributed by atoms with Crippen molar-refractivity contribution in [3.63, 3.8) is 0 Å². The van der Waals surface area contributed by atoms with Crippen LogP contribution >= 0.6 is 0 Å². The molecule has 0 atom stereocenters. The molecule has 1 saturated heterocycles. The molecule has 4 rings (SSSR count). The Morgan fingerprint density at radius 2 is 1.96 bits per heavy atom. The molecule has 1 fully saturated rings. The Bertz CT molecular complexity index is 819. The van der Waals surface area contributed by atoms with Crippen molar-refractivity contribution in [2.75, 3.05) is 18.0 Å². The number of nitrogens with zero attached hydrogens (tertiary/aromatic N) is 3. The van der Waals surface area contributed by atoms with Gasteiger partial charge in [-0.15, -0.1) is 0 Å². The molecule has 6 nitrogen and oxygen atoms in total. The van der Waals surface area contributed by atoms with Crippen molar-refractivity contribution in [1.29, 1.82) is 0 Å². The maximum absolute atomic E-state index is 12.4. The molecule has 1 aromatic carbocycles. The van der Waals surface area contributed by atoms with Crippen LogP contribution in [-0.2, 0) is 11.3 Å². The third kappa shape index (κ3) is 3.47. The van der Waals surface area contributed by atoms with Crippen LogP contribution in [0.2, 0.25) is 0 Å². The number of H-pyrrole nitrogens is 1. The molecule has 0 unspecified atom stereocenters. The maximum Gasteiger partial charge on any atom is 0.223 e. The van der Waals surface area contributed by atoms with Crippen molar-refractivity contribution in [1.82, 2.24) is 20.3 Å². The molecule has 0 aliphatic carbocycles. The lowest BCUT2D eigenvalue weighted by Gasteiger charge is -2.31. The van der Waals surface area contributed by atoms with Gasteiger partial charge in [0, 0.05) is 25.2 Å². The second kappa shape index (κ2) is 6.93. The fourth-order valence-electron chi connectivity index (χ4n) is 3.27. The highest BCUT2D eigenvalue weighted by Gasteiger charge is 2.26. The van der Waals surface area contributed by atoms with Gasteiger partial charge in [0.2, 0.25) is 11.9 Å². The molecular weight excluding hydrogens is 314 g/mol. The number of aromatic amines is 1. The highest BCUT2D eigenvalue weighted by Crippen LogP contribution is 2.23. The number of imidazole rings is 1. The number of aromatic nitrogens is 3. The van der Waals surface area contributed by atoms with Gasteiger partial charge in [-0.1, -0.05) is 18.2 Å². The van der Waals surface area contributed by atoms with E-state index in [2.05, 4.69) is 25.2 Å². The fourth-order valence-corrected chi connectivity index (χ4v) is 3.27. The Kier molecular flexibility index (Phi) is 4.33. The van der Waals surface area contributed by atoms with E-state index in [4.69, 9.17) is 0 Å². The summed E-state index contributed by atoms with van der Waals surface area (Å²) >= 11 is 0. The van der Waals surface area contributed by atoms with Crippen molar-refractivity contribution in [2.24, 2.45) is 5.92 Å². The number of carbonyl (C=O) groups excluding carboxylic acids is 1. The first kappa shape index (κ1) is 15.6. The summed E-state index contributed by atoms with van der Waals surface area (Å²) in [4.78, 5) is 26.8. The highest BCUT2D eigenvalue weighted by atomic mass is 16.1. The molecule has 0 spiro atoms. The summed E-state index contributed by atoms with van der Waals surface area (Å²) in [7, 11) is 0. The van der Waals surface area contributed by atoms with E-state index in [1.165, 1.54) is 0 Å². The van der Waals surface area contributed by atoms with Gasteiger partial charge in [0.25, 0.3) is 0 Å². The summed E-state index contributed by atoms with van der Waals surface area (Å²) < 4.78 is 0. The molecule has 0 radical (unpaired) electrons. The molecule has 3 heterocycles.